The van der Waals surface area contributed by atoms with Crippen molar-refractivity contribution < 1.29 is 4.42 Å². The Labute approximate surface area is 148 Å². The molecule has 0 saturated heterocycles. The van der Waals surface area contributed by atoms with Gasteiger partial charge in [-0.3, -0.25) is 0 Å². The standard InChI is InChI=1S/C22H18OSe/c1-2-16-12-14-17(15-13-16)21-22(24-18-8-4-3-5-9-18)19-10-6-7-11-20(19)23-21/h3-15H,2H2,1H3. The van der Waals surface area contributed by atoms with Gasteiger partial charge in [0, 0.05) is 0 Å². The molecule has 0 spiro atoms. The fraction of sp³-hybridized carbons (Fsp3) is 0.0909. The third kappa shape index (κ3) is 2.91. The molecule has 2 heteroatoms. The molecule has 1 aromatic heterocycles. The summed E-state index contributed by atoms with van der Waals surface area (Å²) >= 11 is 0.215. The first kappa shape index (κ1) is 15.3. The number of para-hydroxylation sites is 1. The van der Waals surface area contributed by atoms with Gasteiger partial charge in [0.2, 0.25) is 0 Å². The van der Waals surface area contributed by atoms with Crippen LogP contribution in [0, 0.1) is 0 Å². The van der Waals surface area contributed by atoms with Crippen molar-refractivity contribution in [2.75, 3.05) is 0 Å². The van der Waals surface area contributed by atoms with Gasteiger partial charge in [-0.25, -0.2) is 0 Å². The van der Waals surface area contributed by atoms with Gasteiger partial charge in [-0.05, 0) is 0 Å². The Hall–Kier alpha value is -2.28. The third-order valence-electron chi connectivity index (χ3n) is 4.14. The Morgan fingerprint density at radius 1 is 0.792 bits per heavy atom. The quantitative estimate of drug-likeness (QED) is 0.483. The fourth-order valence-corrected chi connectivity index (χ4v) is 5.03. The molecule has 3 aromatic carbocycles. The van der Waals surface area contributed by atoms with E-state index in [-0.39, 0.29) is 15.0 Å². The van der Waals surface area contributed by atoms with Crippen molar-refractivity contribution in [3.63, 3.8) is 0 Å². The predicted molar refractivity (Wildman–Crippen MR) is 102 cm³/mol. The van der Waals surface area contributed by atoms with Crippen LogP contribution in [0.3, 0.4) is 0 Å². The Morgan fingerprint density at radius 3 is 2.25 bits per heavy atom. The molecule has 0 saturated carbocycles. The van der Waals surface area contributed by atoms with E-state index in [4.69, 9.17) is 4.42 Å². The van der Waals surface area contributed by atoms with Gasteiger partial charge in [-0.1, -0.05) is 0 Å². The van der Waals surface area contributed by atoms with Crippen LogP contribution >= 0.6 is 0 Å². The van der Waals surface area contributed by atoms with Crippen LogP contribution in [-0.4, -0.2) is 15.0 Å². The van der Waals surface area contributed by atoms with E-state index in [1.54, 1.807) is 0 Å². The predicted octanol–water partition coefficient (Wildman–Crippen LogP) is 4.32. The van der Waals surface area contributed by atoms with Crippen LogP contribution in [0.25, 0.3) is 22.3 Å². The number of hydrogen-bond acceptors (Lipinski definition) is 1. The van der Waals surface area contributed by atoms with E-state index in [0.29, 0.717) is 0 Å². The minimum absolute atomic E-state index is 0.215. The summed E-state index contributed by atoms with van der Waals surface area (Å²) in [5, 5.41) is 1.23. The van der Waals surface area contributed by atoms with E-state index in [0.717, 1.165) is 23.3 Å². The zero-order valence-electron chi connectivity index (χ0n) is 13.5. The van der Waals surface area contributed by atoms with E-state index in [1.807, 2.05) is 6.07 Å². The van der Waals surface area contributed by atoms with E-state index in [1.165, 1.54) is 19.9 Å². The van der Waals surface area contributed by atoms with Crippen molar-refractivity contribution in [3.05, 3.63) is 84.4 Å². The molecule has 4 aromatic rings. The molecular formula is C22H18OSe. The van der Waals surface area contributed by atoms with Crippen LogP contribution in [0.15, 0.2) is 83.3 Å². The number of rotatable bonds is 4. The van der Waals surface area contributed by atoms with Gasteiger partial charge in [0.15, 0.2) is 0 Å². The Morgan fingerprint density at radius 2 is 1.50 bits per heavy atom. The second-order valence-corrected chi connectivity index (χ2v) is 8.00. The van der Waals surface area contributed by atoms with Gasteiger partial charge in [0.05, 0.1) is 0 Å². The van der Waals surface area contributed by atoms with Crippen LogP contribution in [0.4, 0.5) is 0 Å². The Balaban J connectivity index is 1.85. The molecule has 0 aliphatic rings. The summed E-state index contributed by atoms with van der Waals surface area (Å²) in [5.41, 5.74) is 3.49. The molecule has 0 aliphatic heterocycles. The van der Waals surface area contributed by atoms with Gasteiger partial charge in [-0.15, -0.1) is 0 Å². The molecule has 24 heavy (non-hydrogen) atoms. The van der Waals surface area contributed by atoms with Crippen molar-refractivity contribution in [2.24, 2.45) is 0 Å². The van der Waals surface area contributed by atoms with Crippen molar-refractivity contribution in [2.45, 2.75) is 13.3 Å². The normalized spacial score (nSPS) is 11.0. The summed E-state index contributed by atoms with van der Waals surface area (Å²) in [6.07, 6.45) is 1.06. The van der Waals surface area contributed by atoms with Crippen molar-refractivity contribution in [3.8, 4) is 11.3 Å². The molecule has 4 rings (SSSR count). The van der Waals surface area contributed by atoms with E-state index in [2.05, 4.69) is 79.7 Å². The summed E-state index contributed by atoms with van der Waals surface area (Å²) in [7, 11) is 0. The molecule has 0 unspecified atom stereocenters. The third-order valence-corrected chi connectivity index (χ3v) is 6.48. The number of aryl methyl sites for hydroxylation is 1. The van der Waals surface area contributed by atoms with Crippen LogP contribution in [0.1, 0.15) is 12.5 Å². The molecule has 0 N–H and O–H groups in total. The monoisotopic (exact) mass is 378 g/mol. The van der Waals surface area contributed by atoms with E-state index < -0.39 is 0 Å². The summed E-state index contributed by atoms with van der Waals surface area (Å²) < 4.78 is 8.94. The molecule has 0 amide bonds. The fourth-order valence-electron chi connectivity index (χ4n) is 2.81. The van der Waals surface area contributed by atoms with Crippen LogP contribution < -0.4 is 8.92 Å². The maximum absolute atomic E-state index is 6.25. The summed E-state index contributed by atoms with van der Waals surface area (Å²) in [5.74, 6) is 1.02. The SMILES string of the molecule is CCc1ccc(-c2oc3ccccc3c2[Se]c2ccccc2)cc1. The average molecular weight is 377 g/mol. The van der Waals surface area contributed by atoms with Gasteiger partial charge in [-0.2, -0.15) is 0 Å². The molecule has 0 radical (unpaired) electrons. The molecular weight excluding hydrogens is 359 g/mol. The minimum atomic E-state index is 0.215. The van der Waals surface area contributed by atoms with E-state index >= 15 is 0 Å². The Kier molecular flexibility index (Phi) is 4.25. The number of furan rings is 1. The summed E-state index contributed by atoms with van der Waals surface area (Å²) in [4.78, 5) is 0. The molecule has 118 valence electrons. The number of hydrogen-bond donors (Lipinski definition) is 0. The second kappa shape index (κ2) is 6.68. The van der Waals surface area contributed by atoms with Crippen LogP contribution in [0.2, 0.25) is 0 Å². The van der Waals surface area contributed by atoms with Crippen molar-refractivity contribution in [1.82, 2.24) is 0 Å². The zero-order chi connectivity index (χ0) is 16.4. The summed E-state index contributed by atoms with van der Waals surface area (Å²) in [6, 6.07) is 27.8. The first-order valence-electron chi connectivity index (χ1n) is 8.19. The maximum atomic E-state index is 6.25. The van der Waals surface area contributed by atoms with Gasteiger partial charge >= 0.3 is 148 Å². The molecule has 0 bridgehead atoms. The van der Waals surface area contributed by atoms with Gasteiger partial charge in [0.1, 0.15) is 0 Å². The van der Waals surface area contributed by atoms with Crippen molar-refractivity contribution in [1.29, 1.82) is 0 Å². The first-order valence-corrected chi connectivity index (χ1v) is 9.90. The molecule has 1 heterocycles. The average Bonchev–Trinajstić information content (AvgIpc) is 3.01. The number of benzene rings is 3. The molecule has 0 fully saturated rings. The Bertz CT molecular complexity index is 952. The van der Waals surface area contributed by atoms with Crippen LogP contribution in [0.5, 0.6) is 0 Å². The van der Waals surface area contributed by atoms with Crippen molar-refractivity contribution >= 4 is 34.8 Å². The molecule has 1 nitrogen and oxygen atoms in total. The molecule has 0 atom stereocenters. The second-order valence-electron chi connectivity index (χ2n) is 5.72. The van der Waals surface area contributed by atoms with Gasteiger partial charge in [0.25, 0.3) is 0 Å². The van der Waals surface area contributed by atoms with E-state index in [9.17, 15) is 0 Å². The van der Waals surface area contributed by atoms with Gasteiger partial charge < -0.3 is 0 Å². The number of fused-ring (bicyclic) bond motifs is 1. The van der Waals surface area contributed by atoms with Crippen LogP contribution in [-0.2, 0) is 6.42 Å². The topological polar surface area (TPSA) is 13.1 Å². The summed E-state index contributed by atoms with van der Waals surface area (Å²) in [6.45, 7) is 2.18. The zero-order valence-corrected chi connectivity index (χ0v) is 15.2. The first-order chi connectivity index (χ1) is 11.8. The molecule has 0 aliphatic carbocycles.